The standard InChI is InChI=1S/C10H13BClFO5/c1-17-10-7(12)3-2-6(9(10)13)11(16)18-8(15)4-5-14/h2-3,8,14-16H,4-5H2,1H3. The highest BCUT2D eigenvalue weighted by Gasteiger charge is 2.27. The lowest BCUT2D eigenvalue weighted by Crippen LogP contribution is -2.39. The summed E-state index contributed by atoms with van der Waals surface area (Å²) in [5.41, 5.74) is -0.215. The van der Waals surface area contributed by atoms with Crippen LogP contribution in [-0.2, 0) is 4.65 Å². The van der Waals surface area contributed by atoms with E-state index in [4.69, 9.17) is 26.1 Å². The number of halogens is 2. The van der Waals surface area contributed by atoms with Crippen molar-refractivity contribution < 1.29 is 29.0 Å². The van der Waals surface area contributed by atoms with E-state index in [1.807, 2.05) is 0 Å². The number of rotatable bonds is 6. The van der Waals surface area contributed by atoms with E-state index >= 15 is 0 Å². The molecule has 1 atom stereocenters. The largest absolute Gasteiger partial charge is 0.496 e. The first kappa shape index (κ1) is 15.2. The van der Waals surface area contributed by atoms with Crippen LogP contribution in [0, 0.1) is 5.82 Å². The van der Waals surface area contributed by atoms with Crippen molar-refractivity contribution in [3.8, 4) is 5.75 Å². The van der Waals surface area contributed by atoms with Crippen molar-refractivity contribution >= 4 is 24.2 Å². The second-order valence-corrected chi connectivity index (χ2v) is 3.85. The zero-order valence-corrected chi connectivity index (χ0v) is 10.4. The maximum atomic E-state index is 13.8. The summed E-state index contributed by atoms with van der Waals surface area (Å²) in [4.78, 5) is 0. The third-order valence-corrected chi connectivity index (χ3v) is 2.51. The molecule has 8 heteroatoms. The van der Waals surface area contributed by atoms with Crippen LogP contribution in [0.3, 0.4) is 0 Å². The van der Waals surface area contributed by atoms with Gasteiger partial charge in [0.25, 0.3) is 0 Å². The molecule has 0 heterocycles. The average molecular weight is 278 g/mol. The Morgan fingerprint density at radius 2 is 2.17 bits per heavy atom. The van der Waals surface area contributed by atoms with Gasteiger partial charge in [-0.25, -0.2) is 4.39 Å². The minimum absolute atomic E-state index is 0.0573. The molecule has 18 heavy (non-hydrogen) atoms. The van der Waals surface area contributed by atoms with E-state index in [-0.39, 0.29) is 29.3 Å². The molecule has 0 aromatic heterocycles. The monoisotopic (exact) mass is 278 g/mol. The molecule has 3 N–H and O–H groups in total. The molecule has 0 fully saturated rings. The fraction of sp³-hybridized carbons (Fsp3) is 0.400. The Hall–Kier alpha value is -0.855. The van der Waals surface area contributed by atoms with Crippen LogP contribution in [0.2, 0.25) is 5.02 Å². The quantitative estimate of drug-likeness (QED) is 0.500. The highest BCUT2D eigenvalue weighted by Crippen LogP contribution is 2.25. The van der Waals surface area contributed by atoms with Crippen LogP contribution in [0.5, 0.6) is 5.75 Å². The summed E-state index contributed by atoms with van der Waals surface area (Å²) < 4.78 is 23.3. The van der Waals surface area contributed by atoms with Crippen LogP contribution in [0.4, 0.5) is 4.39 Å². The zero-order chi connectivity index (χ0) is 13.7. The minimum Gasteiger partial charge on any atom is -0.492 e. The average Bonchev–Trinajstić information content (AvgIpc) is 2.29. The molecule has 0 saturated carbocycles. The molecule has 0 aliphatic heterocycles. The molecule has 1 rings (SSSR count). The summed E-state index contributed by atoms with van der Waals surface area (Å²) in [5.74, 6) is -1.08. The summed E-state index contributed by atoms with van der Waals surface area (Å²) in [6.07, 6.45) is -1.49. The van der Waals surface area contributed by atoms with Gasteiger partial charge in [0.1, 0.15) is 6.29 Å². The van der Waals surface area contributed by atoms with Crippen LogP contribution in [0.25, 0.3) is 0 Å². The normalized spacial score (nSPS) is 12.3. The van der Waals surface area contributed by atoms with Crippen molar-refractivity contribution in [1.29, 1.82) is 0 Å². The first-order valence-corrected chi connectivity index (χ1v) is 5.53. The Bertz CT molecular complexity index is 406. The summed E-state index contributed by atoms with van der Waals surface area (Å²) in [6, 6.07) is 2.56. The SMILES string of the molecule is COc1c(Cl)ccc(B(O)OC(O)CCO)c1F. The van der Waals surface area contributed by atoms with Crippen molar-refractivity contribution in [1.82, 2.24) is 0 Å². The van der Waals surface area contributed by atoms with Crippen molar-refractivity contribution in [2.24, 2.45) is 0 Å². The lowest BCUT2D eigenvalue weighted by molar-refractivity contribution is -0.0435. The molecule has 100 valence electrons. The van der Waals surface area contributed by atoms with Gasteiger partial charge in [0, 0.05) is 18.5 Å². The number of hydrogen-bond donors (Lipinski definition) is 3. The Morgan fingerprint density at radius 1 is 1.50 bits per heavy atom. The summed E-state index contributed by atoms with van der Waals surface area (Å²) >= 11 is 5.69. The van der Waals surface area contributed by atoms with Gasteiger partial charge in [-0.15, -0.1) is 0 Å². The highest BCUT2D eigenvalue weighted by molar-refractivity contribution is 6.60. The Balaban J connectivity index is 2.89. The van der Waals surface area contributed by atoms with E-state index in [0.717, 1.165) is 0 Å². The summed E-state index contributed by atoms with van der Waals surface area (Å²) in [5, 5.41) is 27.5. The lowest BCUT2D eigenvalue weighted by atomic mass is 9.79. The smallest absolute Gasteiger partial charge is 0.492 e. The third-order valence-electron chi connectivity index (χ3n) is 2.21. The van der Waals surface area contributed by atoms with Gasteiger partial charge in [0.05, 0.1) is 12.1 Å². The predicted molar refractivity (Wildman–Crippen MR) is 64.4 cm³/mol. The molecule has 0 amide bonds. The van der Waals surface area contributed by atoms with Crippen LogP contribution in [0.15, 0.2) is 12.1 Å². The zero-order valence-electron chi connectivity index (χ0n) is 9.64. The van der Waals surface area contributed by atoms with Gasteiger partial charge in [-0.1, -0.05) is 17.7 Å². The van der Waals surface area contributed by atoms with Crippen molar-refractivity contribution in [3.05, 3.63) is 23.0 Å². The number of methoxy groups -OCH3 is 1. The van der Waals surface area contributed by atoms with Crippen LogP contribution >= 0.6 is 11.6 Å². The van der Waals surface area contributed by atoms with Gasteiger partial charge in [0.2, 0.25) is 0 Å². The molecule has 0 aliphatic rings. The van der Waals surface area contributed by atoms with Crippen molar-refractivity contribution in [3.63, 3.8) is 0 Å². The predicted octanol–water partition coefficient (Wildman–Crippen LogP) is -0.107. The second kappa shape index (κ2) is 6.91. The lowest BCUT2D eigenvalue weighted by Gasteiger charge is -2.15. The molecule has 0 saturated heterocycles. The Kier molecular flexibility index (Phi) is 5.84. The molecule has 0 spiro atoms. The molecule has 1 unspecified atom stereocenters. The number of hydrogen-bond acceptors (Lipinski definition) is 5. The topological polar surface area (TPSA) is 79.2 Å². The summed E-state index contributed by atoms with van der Waals surface area (Å²) in [6.45, 7) is -0.319. The van der Waals surface area contributed by atoms with Crippen molar-refractivity contribution in [2.45, 2.75) is 12.7 Å². The molecule has 1 aromatic rings. The van der Waals surface area contributed by atoms with Gasteiger partial charge >= 0.3 is 7.12 Å². The molecule has 5 nitrogen and oxygen atoms in total. The van der Waals surface area contributed by atoms with E-state index in [0.29, 0.717) is 0 Å². The first-order valence-electron chi connectivity index (χ1n) is 5.15. The Morgan fingerprint density at radius 3 is 2.72 bits per heavy atom. The summed E-state index contributed by atoms with van der Waals surface area (Å²) in [7, 11) is -0.445. The number of aliphatic hydroxyl groups excluding tert-OH is 2. The maximum Gasteiger partial charge on any atom is 0.496 e. The molecule has 0 bridgehead atoms. The van der Waals surface area contributed by atoms with E-state index in [2.05, 4.69) is 0 Å². The van der Waals surface area contributed by atoms with E-state index in [1.165, 1.54) is 19.2 Å². The number of ether oxygens (including phenoxy) is 1. The molecule has 1 aromatic carbocycles. The third kappa shape index (κ3) is 3.57. The highest BCUT2D eigenvalue weighted by atomic mass is 35.5. The number of aliphatic hydroxyl groups is 2. The van der Waals surface area contributed by atoms with Gasteiger partial charge in [-0.05, 0) is 6.07 Å². The number of benzene rings is 1. The van der Waals surface area contributed by atoms with Crippen LogP contribution in [-0.4, -0.2) is 42.4 Å². The van der Waals surface area contributed by atoms with Gasteiger partial charge in [-0.3, -0.25) is 0 Å². The van der Waals surface area contributed by atoms with Crippen LogP contribution < -0.4 is 10.2 Å². The van der Waals surface area contributed by atoms with Crippen molar-refractivity contribution in [2.75, 3.05) is 13.7 Å². The molecular weight excluding hydrogens is 265 g/mol. The van der Waals surface area contributed by atoms with E-state index < -0.39 is 19.2 Å². The maximum absolute atomic E-state index is 13.8. The fourth-order valence-corrected chi connectivity index (χ4v) is 1.55. The van der Waals surface area contributed by atoms with E-state index in [9.17, 15) is 14.5 Å². The fourth-order valence-electron chi connectivity index (χ4n) is 1.33. The molecule has 0 aliphatic carbocycles. The Labute approximate surface area is 109 Å². The molecular formula is C10H13BClFO5. The van der Waals surface area contributed by atoms with Crippen LogP contribution in [0.1, 0.15) is 6.42 Å². The van der Waals surface area contributed by atoms with E-state index in [1.54, 1.807) is 0 Å². The second-order valence-electron chi connectivity index (χ2n) is 3.44. The minimum atomic E-state index is -1.68. The van der Waals surface area contributed by atoms with Gasteiger partial charge in [0.15, 0.2) is 11.6 Å². The first-order chi connectivity index (χ1) is 8.51. The van der Waals surface area contributed by atoms with Gasteiger partial charge in [-0.2, -0.15) is 0 Å². The molecule has 0 radical (unpaired) electrons. The van der Waals surface area contributed by atoms with Gasteiger partial charge < -0.3 is 24.6 Å².